The molecule has 0 bridgehead atoms. The fourth-order valence-corrected chi connectivity index (χ4v) is 0.341. The predicted molar refractivity (Wildman–Crippen MR) is 45.0 cm³/mol. The highest BCUT2D eigenvalue weighted by Gasteiger charge is 1.87. The van der Waals surface area contributed by atoms with Gasteiger partial charge in [0.15, 0.2) is 0 Å². The van der Waals surface area contributed by atoms with Crippen LogP contribution in [0.2, 0.25) is 0 Å². The average Bonchev–Trinajstić information content (AvgIpc) is 1.27. The van der Waals surface area contributed by atoms with Crippen LogP contribution in [0.15, 0.2) is 0 Å². The van der Waals surface area contributed by atoms with E-state index in [9.17, 15) is 0 Å². The number of nitrogens with two attached hydrogens (primary N) is 1. The van der Waals surface area contributed by atoms with Crippen molar-refractivity contribution in [3.63, 3.8) is 0 Å². The molecule has 3 N–H and O–H groups in total. The van der Waals surface area contributed by atoms with Crippen LogP contribution in [0.3, 0.4) is 0 Å². The van der Waals surface area contributed by atoms with Crippen LogP contribution in [0, 0.1) is 5.41 Å². The molecule has 0 spiro atoms. The highest BCUT2D eigenvalue weighted by molar-refractivity contribution is 5.85. The fourth-order valence-electron chi connectivity index (χ4n) is 0.341. The van der Waals surface area contributed by atoms with Gasteiger partial charge < -0.3 is 10.6 Å². The number of rotatable bonds is 2. The summed E-state index contributed by atoms with van der Waals surface area (Å²) in [6.07, 6.45) is 0. The molecule has 0 aliphatic rings. The zero-order valence-electron chi connectivity index (χ0n) is 5.55. The number of halogens is 2. The third-order valence-electron chi connectivity index (χ3n) is 0.487. The third-order valence-corrected chi connectivity index (χ3v) is 0.487. The minimum absolute atomic E-state index is 0. The molecule has 0 rings (SSSR count). The Hall–Kier alpha value is 0.01000. The van der Waals surface area contributed by atoms with Crippen molar-refractivity contribution in [2.75, 3.05) is 20.6 Å². The first-order chi connectivity index (χ1) is 3.13. The number of nitrogens with zero attached hydrogens (tertiary/aromatic N) is 1. The monoisotopic (exact) mass is 173 g/mol. The Balaban J connectivity index is -0.000000180. The maximum atomic E-state index is 6.76. The second-order valence-corrected chi connectivity index (χ2v) is 1.76. The summed E-state index contributed by atoms with van der Waals surface area (Å²) >= 11 is 0. The highest BCUT2D eigenvalue weighted by Crippen LogP contribution is 1.67. The molecule has 0 unspecified atom stereocenters. The van der Waals surface area contributed by atoms with Crippen LogP contribution in [0.4, 0.5) is 0 Å². The molecule has 0 heterocycles. The first kappa shape index (κ1) is 16.0. The maximum Gasteiger partial charge on any atom is 0.105 e. The van der Waals surface area contributed by atoms with E-state index in [1.807, 2.05) is 19.0 Å². The zero-order chi connectivity index (χ0) is 5.86. The van der Waals surface area contributed by atoms with Crippen molar-refractivity contribution in [3.8, 4) is 0 Å². The van der Waals surface area contributed by atoms with E-state index in [4.69, 9.17) is 11.1 Å². The summed E-state index contributed by atoms with van der Waals surface area (Å²) in [5.74, 6) is 0.213. The van der Waals surface area contributed by atoms with E-state index < -0.39 is 0 Å². The number of nitrogens with one attached hydrogen (secondary N) is 1. The minimum atomic E-state index is 0. The standard InChI is InChI=1S/C4H11N3.2ClH/c1-7(2)3-4(5)6;;/h3H2,1-2H3,(H3,5,6);2*1H. The van der Waals surface area contributed by atoms with Crippen molar-refractivity contribution in [2.45, 2.75) is 0 Å². The summed E-state index contributed by atoms with van der Waals surface area (Å²) in [5.41, 5.74) is 5.04. The van der Waals surface area contributed by atoms with Gasteiger partial charge in [-0.2, -0.15) is 0 Å². The summed E-state index contributed by atoms with van der Waals surface area (Å²) in [6, 6.07) is 0. The number of hydrogen-bond acceptors (Lipinski definition) is 2. The maximum absolute atomic E-state index is 6.76. The SMILES string of the molecule is CN(C)CC(=N)N.Cl.Cl. The Morgan fingerprint density at radius 2 is 1.78 bits per heavy atom. The second-order valence-electron chi connectivity index (χ2n) is 1.76. The van der Waals surface area contributed by atoms with E-state index in [0.717, 1.165) is 0 Å². The van der Waals surface area contributed by atoms with Crippen molar-refractivity contribution >= 4 is 30.6 Å². The summed E-state index contributed by atoms with van der Waals surface area (Å²) in [4.78, 5) is 1.85. The molecule has 3 nitrogen and oxygen atoms in total. The van der Waals surface area contributed by atoms with E-state index in [0.29, 0.717) is 6.54 Å². The van der Waals surface area contributed by atoms with Crippen molar-refractivity contribution < 1.29 is 0 Å². The first-order valence-electron chi connectivity index (χ1n) is 2.10. The molecule has 0 fully saturated rings. The summed E-state index contributed by atoms with van der Waals surface area (Å²) < 4.78 is 0. The van der Waals surface area contributed by atoms with Crippen LogP contribution in [0.25, 0.3) is 0 Å². The molecule has 0 aromatic rings. The van der Waals surface area contributed by atoms with Crippen LogP contribution >= 0.6 is 24.8 Å². The van der Waals surface area contributed by atoms with Gasteiger partial charge in [-0.1, -0.05) is 0 Å². The van der Waals surface area contributed by atoms with Crippen LogP contribution in [0.5, 0.6) is 0 Å². The third kappa shape index (κ3) is 18.0. The highest BCUT2D eigenvalue weighted by atomic mass is 35.5. The molecule has 9 heavy (non-hydrogen) atoms. The molecule has 0 saturated heterocycles. The summed E-state index contributed by atoms with van der Waals surface area (Å²) in [7, 11) is 3.75. The van der Waals surface area contributed by atoms with Crippen molar-refractivity contribution in [3.05, 3.63) is 0 Å². The number of likely N-dealkylation sites (N-methyl/N-ethyl adjacent to an activating group) is 1. The van der Waals surface area contributed by atoms with E-state index >= 15 is 0 Å². The van der Waals surface area contributed by atoms with Gasteiger partial charge in [-0.05, 0) is 14.1 Å². The average molecular weight is 174 g/mol. The Morgan fingerprint density at radius 3 is 1.78 bits per heavy atom. The molecular weight excluding hydrogens is 161 g/mol. The van der Waals surface area contributed by atoms with Gasteiger partial charge in [-0.25, -0.2) is 0 Å². The van der Waals surface area contributed by atoms with E-state index in [-0.39, 0.29) is 30.6 Å². The second kappa shape index (κ2) is 8.01. The molecular formula is C4H13Cl2N3. The normalized spacial score (nSPS) is 7.44. The molecule has 0 amide bonds. The van der Waals surface area contributed by atoms with Crippen LogP contribution < -0.4 is 5.73 Å². The smallest absolute Gasteiger partial charge is 0.105 e. The molecule has 0 aromatic heterocycles. The molecule has 0 aliphatic heterocycles. The molecule has 0 saturated carbocycles. The van der Waals surface area contributed by atoms with Gasteiger partial charge in [0.2, 0.25) is 0 Å². The Kier molecular flexibility index (Phi) is 14.2. The lowest BCUT2D eigenvalue weighted by molar-refractivity contribution is 0.467. The Morgan fingerprint density at radius 1 is 1.44 bits per heavy atom. The summed E-state index contributed by atoms with van der Waals surface area (Å²) in [6.45, 7) is 0.556. The largest absolute Gasteiger partial charge is 0.387 e. The lowest BCUT2D eigenvalue weighted by atomic mass is 10.6. The predicted octanol–water partition coefficient (Wildman–Crippen LogP) is 0.328. The van der Waals surface area contributed by atoms with Gasteiger partial charge in [0.25, 0.3) is 0 Å². The van der Waals surface area contributed by atoms with Crippen molar-refractivity contribution in [1.29, 1.82) is 5.41 Å². The van der Waals surface area contributed by atoms with Crippen LogP contribution in [0.1, 0.15) is 0 Å². The van der Waals surface area contributed by atoms with Gasteiger partial charge in [-0.3, -0.25) is 5.41 Å². The van der Waals surface area contributed by atoms with Gasteiger partial charge in [0.05, 0.1) is 6.54 Å². The zero-order valence-corrected chi connectivity index (χ0v) is 7.18. The number of amidine groups is 1. The van der Waals surface area contributed by atoms with Crippen molar-refractivity contribution in [2.24, 2.45) is 5.73 Å². The molecule has 0 aromatic carbocycles. The van der Waals surface area contributed by atoms with Gasteiger partial charge >= 0.3 is 0 Å². The van der Waals surface area contributed by atoms with Crippen molar-refractivity contribution in [1.82, 2.24) is 4.90 Å². The summed E-state index contributed by atoms with van der Waals surface area (Å²) in [5, 5.41) is 6.76. The quantitative estimate of drug-likeness (QED) is 0.468. The Bertz CT molecular complexity index is 74.2. The molecule has 0 radical (unpaired) electrons. The fraction of sp³-hybridized carbons (Fsp3) is 0.750. The number of hydrogen-bond donors (Lipinski definition) is 2. The molecule has 0 atom stereocenters. The minimum Gasteiger partial charge on any atom is -0.387 e. The lowest BCUT2D eigenvalue weighted by Crippen LogP contribution is -2.26. The molecule has 58 valence electrons. The van der Waals surface area contributed by atoms with Crippen LogP contribution in [-0.4, -0.2) is 31.4 Å². The molecule has 0 aliphatic carbocycles. The topological polar surface area (TPSA) is 53.1 Å². The lowest BCUT2D eigenvalue weighted by Gasteiger charge is -2.05. The first-order valence-corrected chi connectivity index (χ1v) is 2.10. The van der Waals surface area contributed by atoms with E-state index in [2.05, 4.69) is 0 Å². The molecule has 5 heteroatoms. The van der Waals surface area contributed by atoms with Gasteiger partial charge in [-0.15, -0.1) is 24.8 Å². The van der Waals surface area contributed by atoms with E-state index in [1.165, 1.54) is 0 Å². The van der Waals surface area contributed by atoms with Gasteiger partial charge in [0.1, 0.15) is 5.84 Å². The Labute approximate surface area is 67.9 Å². The van der Waals surface area contributed by atoms with Gasteiger partial charge in [0, 0.05) is 0 Å². The van der Waals surface area contributed by atoms with E-state index in [1.54, 1.807) is 0 Å². The van der Waals surface area contributed by atoms with Crippen LogP contribution in [-0.2, 0) is 0 Å².